The number of aromatic nitrogens is 2. The van der Waals surface area contributed by atoms with E-state index in [0.717, 1.165) is 0 Å². The van der Waals surface area contributed by atoms with Crippen LogP contribution in [0.25, 0.3) is 10.9 Å². The molecule has 1 heterocycles. The summed E-state index contributed by atoms with van der Waals surface area (Å²) >= 11 is 6.23. The zero-order valence-corrected chi connectivity index (χ0v) is 15.5. The molecule has 0 fully saturated rings. The zero-order valence-electron chi connectivity index (χ0n) is 14.8. The number of nitrogens with zero attached hydrogens (tertiary/aromatic N) is 3. The molecule has 28 heavy (non-hydrogen) atoms. The van der Waals surface area contributed by atoms with E-state index in [1.54, 1.807) is 25.1 Å². The number of alkyl halides is 2. The highest BCUT2D eigenvalue weighted by molar-refractivity contribution is 6.31. The number of halogens is 3. The summed E-state index contributed by atoms with van der Waals surface area (Å²) in [5, 5.41) is 8.28. The van der Waals surface area contributed by atoms with E-state index in [-0.39, 0.29) is 17.7 Å². The van der Waals surface area contributed by atoms with Crippen LogP contribution in [-0.2, 0) is 12.5 Å². The van der Waals surface area contributed by atoms with Gasteiger partial charge in [-0.2, -0.15) is 19.0 Å². The van der Waals surface area contributed by atoms with Gasteiger partial charge in [-0.25, -0.2) is 0 Å². The minimum atomic E-state index is -3.55. The Morgan fingerprint density at radius 2 is 2.00 bits per heavy atom. The quantitative estimate of drug-likeness (QED) is 0.260. The number of hydrogen-bond donors (Lipinski definition) is 3. The number of amidine groups is 1. The lowest BCUT2D eigenvalue weighted by molar-refractivity contribution is 0.0742. The van der Waals surface area contributed by atoms with Crippen molar-refractivity contribution >= 4 is 34.2 Å². The van der Waals surface area contributed by atoms with Crippen molar-refractivity contribution < 1.29 is 13.6 Å². The summed E-state index contributed by atoms with van der Waals surface area (Å²) in [7, 11) is 0. The Labute approximate surface area is 163 Å². The molecule has 0 aliphatic rings. The van der Waals surface area contributed by atoms with Gasteiger partial charge in [0.1, 0.15) is 0 Å². The number of rotatable bonds is 5. The minimum Gasteiger partial charge on any atom is -0.380 e. The van der Waals surface area contributed by atoms with Crippen molar-refractivity contribution in [2.45, 2.75) is 19.4 Å². The lowest BCUT2D eigenvalue weighted by Gasteiger charge is -2.16. The predicted octanol–water partition coefficient (Wildman–Crippen LogP) is 2.47. The van der Waals surface area contributed by atoms with Crippen LogP contribution in [0.15, 0.2) is 41.5 Å². The van der Waals surface area contributed by atoms with Crippen LogP contribution >= 0.6 is 11.6 Å². The fourth-order valence-corrected chi connectivity index (χ4v) is 3.22. The topological polar surface area (TPSA) is 125 Å². The molecule has 0 spiro atoms. The Hall–Kier alpha value is -3.20. The monoisotopic (exact) mass is 406 g/mol. The van der Waals surface area contributed by atoms with Gasteiger partial charge in [0.05, 0.1) is 17.8 Å². The van der Waals surface area contributed by atoms with Crippen molar-refractivity contribution in [2.24, 2.45) is 22.4 Å². The van der Waals surface area contributed by atoms with Gasteiger partial charge in [-0.15, -0.1) is 0 Å². The van der Waals surface area contributed by atoms with Gasteiger partial charge < -0.3 is 17.3 Å². The first-order valence-corrected chi connectivity index (χ1v) is 8.51. The maximum Gasteiger partial charge on any atom is 0.331 e. The largest absolute Gasteiger partial charge is 0.380 e. The number of hydrazone groups is 1. The van der Waals surface area contributed by atoms with Crippen molar-refractivity contribution in [3.63, 3.8) is 0 Å². The van der Waals surface area contributed by atoms with Crippen molar-refractivity contribution in [2.75, 3.05) is 0 Å². The molecule has 10 heteroatoms. The number of nitrogens with two attached hydrogens (primary N) is 3. The van der Waals surface area contributed by atoms with Crippen LogP contribution in [0.3, 0.4) is 0 Å². The Bertz CT molecular complexity index is 1110. The van der Waals surface area contributed by atoms with Crippen LogP contribution in [0.2, 0.25) is 5.02 Å². The van der Waals surface area contributed by atoms with Crippen LogP contribution in [0, 0.1) is 6.92 Å². The van der Waals surface area contributed by atoms with Crippen molar-refractivity contribution in [1.82, 2.24) is 9.78 Å². The number of carbonyl (C=O) groups excluding carboxylic acids is 1. The highest BCUT2D eigenvalue weighted by atomic mass is 35.5. The summed E-state index contributed by atoms with van der Waals surface area (Å²) in [4.78, 5) is 11.7. The number of fused-ring (bicyclic) bond motifs is 1. The average molecular weight is 407 g/mol. The molecule has 1 aromatic heterocycles. The molecule has 3 aromatic rings. The molecule has 0 atom stereocenters. The van der Waals surface area contributed by atoms with E-state index in [1.807, 2.05) is 0 Å². The predicted molar refractivity (Wildman–Crippen MR) is 103 cm³/mol. The number of aryl methyl sites for hydroxylation is 1. The van der Waals surface area contributed by atoms with Gasteiger partial charge in [0.25, 0.3) is 0 Å². The number of benzene rings is 2. The third kappa shape index (κ3) is 3.24. The normalized spacial score (nSPS) is 12.5. The molecule has 0 aliphatic heterocycles. The number of hydrogen-bond acceptors (Lipinski definition) is 4. The smallest absolute Gasteiger partial charge is 0.331 e. The Kier molecular flexibility index (Phi) is 4.95. The molecule has 3 rings (SSSR count). The number of carbonyl (C=O) groups is 1. The van der Waals surface area contributed by atoms with E-state index < -0.39 is 17.7 Å². The third-order valence-electron chi connectivity index (χ3n) is 4.45. The molecule has 0 bridgehead atoms. The molecule has 6 N–H and O–H groups in total. The molecule has 0 saturated carbocycles. The molecule has 1 amide bonds. The first-order chi connectivity index (χ1) is 13.2. The molecular weight excluding hydrogens is 390 g/mol. The van der Waals surface area contributed by atoms with Crippen LogP contribution in [-0.4, -0.2) is 21.5 Å². The number of primary amides is 1. The van der Waals surface area contributed by atoms with Crippen LogP contribution < -0.4 is 17.3 Å². The standard InChI is InChI=1S/C18H17ClF2N6O/c1-9-11-6-5-10(18(20,21)17(23)25-24)7-15(11)27(26-9)8-13-12(16(22)28)3-2-4-14(13)19/h2-7H,8,24H2,1H3,(H2,22,28)(H2,23,25). The summed E-state index contributed by atoms with van der Waals surface area (Å²) in [5.41, 5.74) is 12.0. The van der Waals surface area contributed by atoms with E-state index in [2.05, 4.69) is 10.2 Å². The Morgan fingerprint density at radius 1 is 1.29 bits per heavy atom. The third-order valence-corrected chi connectivity index (χ3v) is 4.81. The molecule has 7 nitrogen and oxygen atoms in total. The van der Waals surface area contributed by atoms with Gasteiger partial charge in [0, 0.05) is 27.1 Å². The maximum atomic E-state index is 14.4. The molecule has 146 valence electrons. The first kappa shape index (κ1) is 19.6. The van der Waals surface area contributed by atoms with Crippen LogP contribution in [0.1, 0.15) is 27.2 Å². The van der Waals surface area contributed by atoms with Gasteiger partial charge >= 0.3 is 5.92 Å². The summed E-state index contributed by atoms with van der Waals surface area (Å²) in [6.07, 6.45) is 0. The van der Waals surface area contributed by atoms with E-state index >= 15 is 0 Å². The second-order valence-corrected chi connectivity index (χ2v) is 6.60. The molecule has 0 unspecified atom stereocenters. The molecule has 0 aliphatic carbocycles. The molecule has 2 aromatic carbocycles. The lowest BCUT2D eigenvalue weighted by Crippen LogP contribution is -2.34. The average Bonchev–Trinajstić information content (AvgIpc) is 2.97. The summed E-state index contributed by atoms with van der Waals surface area (Å²) < 4.78 is 30.3. The second-order valence-electron chi connectivity index (χ2n) is 6.19. The molecule has 0 radical (unpaired) electrons. The van der Waals surface area contributed by atoms with Gasteiger partial charge in [0.15, 0.2) is 5.84 Å². The zero-order chi connectivity index (χ0) is 20.6. The van der Waals surface area contributed by atoms with Crippen molar-refractivity contribution in [3.8, 4) is 0 Å². The minimum absolute atomic E-state index is 0.0672. The Balaban J connectivity index is 2.16. The maximum absolute atomic E-state index is 14.4. The first-order valence-electron chi connectivity index (χ1n) is 8.13. The fourth-order valence-electron chi connectivity index (χ4n) is 2.98. The fraction of sp³-hybridized carbons (Fsp3) is 0.167. The Morgan fingerprint density at radius 3 is 2.64 bits per heavy atom. The molecule has 0 saturated heterocycles. The van der Waals surface area contributed by atoms with Crippen molar-refractivity contribution in [1.29, 1.82) is 0 Å². The lowest BCUT2D eigenvalue weighted by atomic mass is 10.0. The van der Waals surface area contributed by atoms with Crippen LogP contribution in [0.5, 0.6) is 0 Å². The summed E-state index contributed by atoms with van der Waals surface area (Å²) in [6.45, 7) is 1.81. The molecular formula is C18H17ClF2N6O. The summed E-state index contributed by atoms with van der Waals surface area (Å²) in [6, 6.07) is 8.77. The highest BCUT2D eigenvalue weighted by Gasteiger charge is 2.37. The van der Waals surface area contributed by atoms with E-state index in [1.165, 1.54) is 22.9 Å². The van der Waals surface area contributed by atoms with Gasteiger partial charge in [-0.05, 0) is 25.1 Å². The van der Waals surface area contributed by atoms with E-state index in [4.69, 9.17) is 28.9 Å². The van der Waals surface area contributed by atoms with Gasteiger partial charge in [-0.3, -0.25) is 9.48 Å². The van der Waals surface area contributed by atoms with E-state index in [0.29, 0.717) is 27.2 Å². The van der Waals surface area contributed by atoms with E-state index in [9.17, 15) is 13.6 Å². The highest BCUT2D eigenvalue weighted by Crippen LogP contribution is 2.32. The summed E-state index contributed by atoms with van der Waals surface area (Å²) in [5.74, 6) is -0.285. The number of amides is 1. The van der Waals surface area contributed by atoms with Crippen molar-refractivity contribution in [3.05, 3.63) is 63.8 Å². The van der Waals surface area contributed by atoms with Gasteiger partial charge in [0.2, 0.25) is 5.91 Å². The SMILES string of the molecule is Cc1nn(Cc2c(Cl)cccc2C(N)=O)c2cc(C(F)(F)/C(N)=N/N)ccc12. The van der Waals surface area contributed by atoms with Crippen LogP contribution in [0.4, 0.5) is 8.78 Å². The second kappa shape index (κ2) is 7.08. The van der Waals surface area contributed by atoms with Gasteiger partial charge in [-0.1, -0.05) is 29.8 Å².